The third kappa shape index (κ3) is 9.41. The van der Waals surface area contributed by atoms with E-state index in [-0.39, 0.29) is 11.8 Å². The van der Waals surface area contributed by atoms with E-state index in [1.54, 1.807) is 0 Å². The van der Waals surface area contributed by atoms with Gasteiger partial charge in [0, 0.05) is 16.8 Å². The Morgan fingerprint density at radius 2 is 0.934 bits per heavy atom. The average Bonchev–Trinajstić information content (AvgIpc) is 3.60. The van der Waals surface area contributed by atoms with Crippen LogP contribution < -0.4 is 28.9 Å². The summed E-state index contributed by atoms with van der Waals surface area (Å²) in [5.41, 5.74) is 20.6. The molecule has 0 aliphatic heterocycles. The predicted molar refractivity (Wildman–Crippen MR) is 256 cm³/mol. The smallest absolute Gasteiger partial charge is 0.414 e. The molecular formula is C54H63N2O4P. The Labute approximate surface area is 366 Å². The van der Waals surface area contributed by atoms with Crippen LogP contribution in [0.3, 0.4) is 0 Å². The van der Waals surface area contributed by atoms with Crippen LogP contribution in [0.4, 0.5) is 11.4 Å². The number of fused-ring (bicyclic) bond motifs is 3. The number of benzene rings is 6. The minimum absolute atomic E-state index is 0.162. The second-order valence-electron chi connectivity index (χ2n) is 17.9. The fourth-order valence-electron chi connectivity index (χ4n) is 8.53. The topological polar surface area (TPSA) is 61.0 Å². The molecule has 1 atom stereocenters. The van der Waals surface area contributed by atoms with Gasteiger partial charge in [0.2, 0.25) is 0 Å². The van der Waals surface area contributed by atoms with Gasteiger partial charge in [0.15, 0.2) is 0 Å². The standard InChI is InChI=1S/C54H63N2O4P/c1-30(2)42-27-36(9)44-29-45-37(10)28-43(31(3)4)53(58-54(55-46-19-15-32(5)23-38(46)11)57-47-20-16-33(6)24-39(47)12)51(45)50(44)52(42)56-61(59-48-21-17-34(7)25-40(48)13)60-49-22-18-35(8)26-41(49)14/h15-28,30-31,54-56H,29H2,1-14H3. The summed E-state index contributed by atoms with van der Waals surface area (Å²) in [7, 11) is -1.75. The molecule has 1 unspecified atom stereocenters. The normalized spacial score (nSPS) is 12.4. The first kappa shape index (κ1) is 43.6. The third-order valence-electron chi connectivity index (χ3n) is 11.8. The molecule has 0 heterocycles. The lowest BCUT2D eigenvalue weighted by atomic mass is 9.88. The molecule has 7 rings (SSSR count). The highest BCUT2D eigenvalue weighted by molar-refractivity contribution is 7.49. The SMILES string of the molecule is Cc1ccc(NC(Oc2ccc(C)cc2C)Oc2c(C(C)C)cc(C)c3c2-c2c(c(C)cc(C(C)C)c2NP(Oc2ccc(C)cc2C)Oc2ccc(C)cc2C)C3)c(C)c1. The highest BCUT2D eigenvalue weighted by atomic mass is 31.2. The zero-order chi connectivity index (χ0) is 43.9. The summed E-state index contributed by atoms with van der Waals surface area (Å²) < 4.78 is 28.1. The summed E-state index contributed by atoms with van der Waals surface area (Å²) in [5.74, 6) is 3.51. The van der Waals surface area contributed by atoms with Crippen LogP contribution in [-0.4, -0.2) is 6.41 Å². The van der Waals surface area contributed by atoms with E-state index in [4.69, 9.17) is 18.5 Å². The Balaban J connectivity index is 1.42. The summed E-state index contributed by atoms with van der Waals surface area (Å²) in [6, 6.07) is 30.0. The quantitative estimate of drug-likeness (QED) is 0.0841. The van der Waals surface area contributed by atoms with E-state index >= 15 is 0 Å². The maximum Gasteiger partial charge on any atom is 0.414 e. The Bertz CT molecular complexity index is 2330. The van der Waals surface area contributed by atoms with E-state index in [2.05, 4.69) is 174 Å². The van der Waals surface area contributed by atoms with Crippen molar-refractivity contribution in [3.8, 4) is 34.1 Å². The van der Waals surface area contributed by atoms with E-state index in [1.807, 2.05) is 18.2 Å². The number of hydrogen-bond donors (Lipinski definition) is 2. The van der Waals surface area contributed by atoms with Crippen LogP contribution in [0.2, 0.25) is 0 Å². The molecule has 0 radical (unpaired) electrons. The molecule has 0 saturated carbocycles. The van der Waals surface area contributed by atoms with Crippen molar-refractivity contribution >= 4 is 19.9 Å². The molecule has 0 spiro atoms. The van der Waals surface area contributed by atoms with Crippen LogP contribution in [0.5, 0.6) is 23.0 Å². The zero-order valence-electron chi connectivity index (χ0n) is 38.6. The number of aryl methyl sites for hydroxylation is 10. The molecule has 1 aliphatic carbocycles. The Morgan fingerprint density at radius 1 is 0.475 bits per heavy atom. The van der Waals surface area contributed by atoms with Crippen molar-refractivity contribution in [1.29, 1.82) is 0 Å². The molecule has 318 valence electrons. The van der Waals surface area contributed by atoms with Gasteiger partial charge >= 0.3 is 14.9 Å². The summed E-state index contributed by atoms with van der Waals surface area (Å²) in [4.78, 5) is 0. The second kappa shape index (κ2) is 17.9. The number of hydrogen-bond acceptors (Lipinski definition) is 6. The molecule has 6 nitrogen and oxygen atoms in total. The van der Waals surface area contributed by atoms with Gasteiger partial charge in [0.1, 0.15) is 23.0 Å². The van der Waals surface area contributed by atoms with Crippen molar-refractivity contribution < 1.29 is 18.5 Å². The molecule has 0 amide bonds. The first-order chi connectivity index (χ1) is 29.0. The lowest BCUT2D eigenvalue weighted by Gasteiger charge is -2.29. The van der Waals surface area contributed by atoms with Crippen LogP contribution in [0.1, 0.15) is 117 Å². The van der Waals surface area contributed by atoms with Gasteiger partial charge in [-0.1, -0.05) is 111 Å². The zero-order valence-corrected chi connectivity index (χ0v) is 39.5. The van der Waals surface area contributed by atoms with Crippen LogP contribution in [0.25, 0.3) is 11.1 Å². The van der Waals surface area contributed by atoms with Crippen LogP contribution in [0, 0.1) is 69.2 Å². The third-order valence-corrected chi connectivity index (χ3v) is 13.0. The van der Waals surface area contributed by atoms with Crippen molar-refractivity contribution in [3.05, 3.63) is 163 Å². The van der Waals surface area contributed by atoms with E-state index in [0.717, 1.165) is 79.7 Å². The van der Waals surface area contributed by atoms with Gasteiger partial charge in [-0.15, -0.1) is 0 Å². The maximum absolute atomic E-state index is 7.37. The number of nitrogens with one attached hydrogen (secondary N) is 2. The van der Waals surface area contributed by atoms with Gasteiger partial charge in [0.25, 0.3) is 0 Å². The Morgan fingerprint density at radius 3 is 1.43 bits per heavy atom. The minimum atomic E-state index is -1.75. The summed E-state index contributed by atoms with van der Waals surface area (Å²) in [6.07, 6.45) is -0.0647. The summed E-state index contributed by atoms with van der Waals surface area (Å²) in [6.45, 7) is 30.3. The number of anilines is 2. The van der Waals surface area contributed by atoms with Gasteiger partial charge in [-0.2, -0.15) is 0 Å². The first-order valence-corrected chi connectivity index (χ1v) is 22.8. The van der Waals surface area contributed by atoms with Gasteiger partial charge in [0.05, 0.1) is 5.69 Å². The molecule has 2 N–H and O–H groups in total. The van der Waals surface area contributed by atoms with Crippen molar-refractivity contribution in [3.63, 3.8) is 0 Å². The molecular weight excluding hydrogens is 772 g/mol. The summed E-state index contributed by atoms with van der Waals surface area (Å²) >= 11 is 0. The fraction of sp³-hybridized carbons (Fsp3) is 0.333. The van der Waals surface area contributed by atoms with Crippen molar-refractivity contribution in [2.75, 3.05) is 10.4 Å². The lowest BCUT2D eigenvalue weighted by molar-refractivity contribution is 0.0291. The van der Waals surface area contributed by atoms with E-state index in [1.165, 1.54) is 50.1 Å². The van der Waals surface area contributed by atoms with Crippen LogP contribution in [-0.2, 0) is 6.42 Å². The van der Waals surface area contributed by atoms with Gasteiger partial charge in [-0.3, -0.25) is 5.09 Å². The molecule has 6 aromatic carbocycles. The average molecular weight is 835 g/mol. The molecule has 0 bridgehead atoms. The molecule has 0 fully saturated rings. The molecule has 0 saturated heterocycles. The predicted octanol–water partition coefficient (Wildman–Crippen LogP) is 15.2. The Kier molecular flexibility index (Phi) is 12.8. The highest BCUT2D eigenvalue weighted by Crippen LogP contribution is 2.56. The van der Waals surface area contributed by atoms with E-state index in [9.17, 15) is 0 Å². The molecule has 0 aromatic heterocycles. The van der Waals surface area contributed by atoms with Gasteiger partial charge in [-0.05, 0) is 167 Å². The van der Waals surface area contributed by atoms with Crippen LogP contribution >= 0.6 is 8.53 Å². The van der Waals surface area contributed by atoms with E-state index in [0.29, 0.717) is 0 Å². The second-order valence-corrected chi connectivity index (χ2v) is 19.0. The van der Waals surface area contributed by atoms with Crippen molar-refractivity contribution in [1.82, 2.24) is 0 Å². The van der Waals surface area contributed by atoms with E-state index < -0.39 is 14.9 Å². The fourth-order valence-corrected chi connectivity index (χ4v) is 9.85. The molecule has 7 heteroatoms. The largest absolute Gasteiger partial charge is 0.437 e. The van der Waals surface area contributed by atoms with Crippen LogP contribution in [0.15, 0.2) is 84.9 Å². The molecule has 1 aliphatic rings. The maximum atomic E-state index is 7.37. The summed E-state index contributed by atoms with van der Waals surface area (Å²) in [5, 5.41) is 7.62. The van der Waals surface area contributed by atoms with Gasteiger partial charge in [-0.25, -0.2) is 0 Å². The van der Waals surface area contributed by atoms with Gasteiger partial charge < -0.3 is 23.8 Å². The number of ether oxygens (including phenoxy) is 2. The molecule has 6 aromatic rings. The highest BCUT2D eigenvalue weighted by Gasteiger charge is 2.35. The Hall–Kier alpha value is -5.45. The first-order valence-electron chi connectivity index (χ1n) is 21.6. The molecule has 61 heavy (non-hydrogen) atoms. The lowest BCUT2D eigenvalue weighted by Crippen LogP contribution is -2.34. The monoisotopic (exact) mass is 834 g/mol. The van der Waals surface area contributed by atoms with Crippen molar-refractivity contribution in [2.24, 2.45) is 0 Å². The van der Waals surface area contributed by atoms with Crippen molar-refractivity contribution in [2.45, 2.75) is 122 Å². The minimum Gasteiger partial charge on any atom is -0.437 e. The number of rotatable bonds is 14.